The van der Waals surface area contributed by atoms with E-state index < -0.39 is 30.2 Å². The normalized spacial score (nSPS) is 11.9. The second-order valence-corrected chi connectivity index (χ2v) is 6.32. The quantitative estimate of drug-likeness (QED) is 0.354. The van der Waals surface area contributed by atoms with Gasteiger partial charge in [0.15, 0.2) is 0 Å². The number of carbonyl (C=O) groups is 2. The van der Waals surface area contributed by atoms with Crippen LogP contribution >= 0.6 is 23.3 Å². The average molecular weight is 282 g/mol. The van der Waals surface area contributed by atoms with Gasteiger partial charge in [-0.15, -0.1) is 0 Å². The molecule has 0 amide bonds. The topological polar surface area (TPSA) is 121 Å². The predicted octanol–water partition coefficient (Wildman–Crippen LogP) is -1.58. The highest BCUT2D eigenvalue weighted by molar-refractivity contribution is 8.62. The van der Waals surface area contributed by atoms with Crippen LogP contribution in [-0.2, 0) is 36.3 Å². The van der Waals surface area contributed by atoms with E-state index in [1.54, 1.807) is 0 Å². The Kier molecular flexibility index (Phi) is 4.23. The zero-order chi connectivity index (χ0) is 11.6. The van der Waals surface area contributed by atoms with E-state index in [0.29, 0.717) is 0 Å². The van der Waals surface area contributed by atoms with Crippen LogP contribution in [0.1, 0.15) is 0 Å². The molecule has 0 spiro atoms. The Hall–Kier alpha value is -0.460. The molecule has 12 heteroatoms. The molecule has 0 aromatic carbocycles. The molecule has 8 nitrogen and oxygen atoms in total. The number of hydrogen-bond donors (Lipinski definition) is 2. The van der Waals surface area contributed by atoms with E-state index in [9.17, 15) is 26.4 Å². The Balaban J connectivity index is 4.53. The van der Waals surface area contributed by atoms with E-state index in [2.05, 4.69) is 31.7 Å². The Morgan fingerprint density at radius 3 is 1.14 bits per heavy atom. The van der Waals surface area contributed by atoms with Crippen molar-refractivity contribution in [2.24, 2.45) is 0 Å². The molecule has 0 N–H and O–H groups in total. The van der Waals surface area contributed by atoms with Gasteiger partial charge < -0.3 is 8.37 Å². The molecule has 0 aromatic heterocycles. The number of rotatable bonds is 2. The first kappa shape index (κ1) is 13.5. The molecule has 0 rings (SSSR count). The van der Waals surface area contributed by atoms with E-state index in [0.717, 1.165) is 0 Å². The van der Waals surface area contributed by atoms with Gasteiger partial charge in [0.2, 0.25) is 0 Å². The van der Waals surface area contributed by atoms with Gasteiger partial charge in [-0.2, -0.15) is 16.8 Å². The first-order valence-corrected chi connectivity index (χ1v) is 7.35. The van der Waals surface area contributed by atoms with Crippen LogP contribution in [0.3, 0.4) is 0 Å². The summed E-state index contributed by atoms with van der Waals surface area (Å²) in [6.45, 7) is 0. The summed E-state index contributed by atoms with van der Waals surface area (Å²) in [5, 5.41) is 0. The fraction of sp³-hybridized carbons (Fsp3) is 0. The van der Waals surface area contributed by atoms with Crippen LogP contribution in [0.4, 0.5) is 0 Å². The second kappa shape index (κ2) is 4.37. The highest BCUT2D eigenvalue weighted by Crippen LogP contribution is 2.03. The summed E-state index contributed by atoms with van der Waals surface area (Å²) in [5.74, 6) is -4.09. The molecule has 0 fully saturated rings. The van der Waals surface area contributed by atoms with Gasteiger partial charge in [-0.1, -0.05) is 0 Å². The lowest BCUT2D eigenvalue weighted by molar-refractivity contribution is -0.155. The smallest absolute Gasteiger partial charge is 0.328 e. The van der Waals surface area contributed by atoms with Gasteiger partial charge in [-0.05, 0) is 23.3 Å². The molecular formula is C2H2O8S4. The molecule has 0 radical (unpaired) electrons. The fourth-order valence-corrected chi connectivity index (χ4v) is 1.18. The lowest BCUT2D eigenvalue weighted by Crippen LogP contribution is -2.22. The first-order chi connectivity index (χ1) is 6.01. The molecule has 0 saturated carbocycles. The molecule has 0 aliphatic heterocycles. The van der Waals surface area contributed by atoms with Crippen molar-refractivity contribution in [2.45, 2.75) is 0 Å². The summed E-state index contributed by atoms with van der Waals surface area (Å²) in [6, 6.07) is 0. The summed E-state index contributed by atoms with van der Waals surface area (Å²) in [7, 11) is -9.00. The zero-order valence-corrected chi connectivity index (χ0v) is 9.40. The minimum atomic E-state index is -4.50. The summed E-state index contributed by atoms with van der Waals surface area (Å²) in [6.07, 6.45) is 0. The van der Waals surface area contributed by atoms with Crippen molar-refractivity contribution in [1.82, 2.24) is 0 Å². The van der Waals surface area contributed by atoms with Gasteiger partial charge in [0.25, 0.3) is 0 Å². The third kappa shape index (κ3) is 6.99. The monoisotopic (exact) mass is 282 g/mol. The van der Waals surface area contributed by atoms with Gasteiger partial charge in [-0.25, -0.2) is 9.59 Å². The predicted molar refractivity (Wildman–Crippen MR) is 48.0 cm³/mol. The Morgan fingerprint density at radius 1 is 0.786 bits per heavy atom. The van der Waals surface area contributed by atoms with Gasteiger partial charge in [0.05, 0.1) is 0 Å². The molecule has 0 heterocycles. The lowest BCUT2D eigenvalue weighted by atomic mass is 10.7. The van der Waals surface area contributed by atoms with Gasteiger partial charge in [0.1, 0.15) is 0 Å². The van der Waals surface area contributed by atoms with Crippen molar-refractivity contribution in [3.05, 3.63) is 0 Å². The maximum atomic E-state index is 10.4. The SMILES string of the molecule is O=C(OS(=O)(=O)S)C(=O)OS(=O)(=O)S. The van der Waals surface area contributed by atoms with E-state index in [4.69, 9.17) is 0 Å². The first-order valence-electron chi connectivity index (χ1n) is 2.43. The maximum absolute atomic E-state index is 10.4. The van der Waals surface area contributed by atoms with Crippen LogP contribution < -0.4 is 0 Å². The summed E-state index contributed by atoms with van der Waals surface area (Å²) in [5.41, 5.74) is 0. The molecule has 0 aromatic rings. The van der Waals surface area contributed by atoms with Crippen LogP contribution in [-0.4, -0.2) is 28.8 Å². The molecule has 14 heavy (non-hydrogen) atoms. The molecule has 82 valence electrons. The van der Waals surface area contributed by atoms with Crippen molar-refractivity contribution >= 4 is 53.6 Å². The van der Waals surface area contributed by atoms with Crippen LogP contribution in [0.5, 0.6) is 0 Å². The van der Waals surface area contributed by atoms with Crippen molar-refractivity contribution in [3.63, 3.8) is 0 Å². The number of thiol groups is 2. The van der Waals surface area contributed by atoms with Crippen molar-refractivity contribution in [2.75, 3.05) is 0 Å². The lowest BCUT2D eigenvalue weighted by Gasteiger charge is -1.98. The van der Waals surface area contributed by atoms with Crippen LogP contribution in [0.2, 0.25) is 0 Å². The molecular weight excluding hydrogens is 280 g/mol. The standard InChI is InChI=1S/C2H2O8S4/c3-1(9-13(5,6)11)2(4)10-14(7,8)12/h(H,5,6,11)(H,7,8,12). The van der Waals surface area contributed by atoms with Gasteiger partial charge in [0, 0.05) is 0 Å². The Bertz CT molecular complexity index is 396. The minimum Gasteiger partial charge on any atom is -0.328 e. The zero-order valence-electron chi connectivity index (χ0n) is 5.98. The minimum absolute atomic E-state index is 2.04. The van der Waals surface area contributed by atoms with E-state index in [1.165, 1.54) is 0 Å². The van der Waals surface area contributed by atoms with Crippen LogP contribution in [0.25, 0.3) is 0 Å². The Labute approximate surface area is 88.4 Å². The molecule has 0 unspecified atom stereocenters. The highest BCUT2D eigenvalue weighted by Gasteiger charge is 2.26. The number of carbonyl (C=O) groups excluding carboxylic acids is 2. The summed E-state index contributed by atoms with van der Waals surface area (Å²) >= 11 is 5.51. The fourth-order valence-electron chi connectivity index (χ4n) is 0.259. The van der Waals surface area contributed by atoms with Crippen molar-refractivity contribution in [1.29, 1.82) is 0 Å². The Morgan fingerprint density at radius 2 is 1.00 bits per heavy atom. The number of hydrogen-bond acceptors (Lipinski definition) is 8. The van der Waals surface area contributed by atoms with E-state index >= 15 is 0 Å². The maximum Gasteiger partial charge on any atom is 0.434 e. The van der Waals surface area contributed by atoms with Gasteiger partial charge in [-0.3, -0.25) is 0 Å². The van der Waals surface area contributed by atoms with E-state index in [1.807, 2.05) is 0 Å². The third-order valence-corrected chi connectivity index (χ3v) is 1.70. The van der Waals surface area contributed by atoms with Crippen molar-refractivity contribution in [3.8, 4) is 0 Å². The summed E-state index contributed by atoms with van der Waals surface area (Å²) in [4.78, 5) is 20.8. The van der Waals surface area contributed by atoms with E-state index in [-0.39, 0.29) is 0 Å². The second-order valence-electron chi connectivity index (χ2n) is 1.60. The van der Waals surface area contributed by atoms with Gasteiger partial charge >= 0.3 is 30.2 Å². The van der Waals surface area contributed by atoms with Crippen LogP contribution in [0, 0.1) is 0 Å². The molecule has 0 aliphatic carbocycles. The highest BCUT2D eigenvalue weighted by atomic mass is 33.1. The molecule has 0 atom stereocenters. The largest absolute Gasteiger partial charge is 0.434 e. The molecule has 0 bridgehead atoms. The average Bonchev–Trinajstić information content (AvgIpc) is 1.78. The van der Waals surface area contributed by atoms with Crippen LogP contribution in [0.15, 0.2) is 0 Å². The third-order valence-electron chi connectivity index (χ3n) is 0.529. The van der Waals surface area contributed by atoms with Crippen molar-refractivity contribution < 1.29 is 34.8 Å². The molecule has 0 aliphatic rings. The summed E-state index contributed by atoms with van der Waals surface area (Å²) < 4.78 is 47.4. The molecule has 0 saturated heterocycles.